The fourth-order valence-corrected chi connectivity index (χ4v) is 5.69. The Labute approximate surface area is 335 Å². The number of hydrogen-bond acceptors (Lipinski definition) is 11. The third-order valence-corrected chi connectivity index (χ3v) is 8.61. The monoisotopic (exact) mass is 815 g/mol. The summed E-state index contributed by atoms with van der Waals surface area (Å²) in [6, 6.07) is 0.745. The molecule has 1 aromatic heterocycles. The van der Waals surface area contributed by atoms with Gasteiger partial charge >= 0.3 is 11.9 Å². The van der Waals surface area contributed by atoms with E-state index in [-0.39, 0.29) is 44.1 Å². The van der Waals surface area contributed by atoms with Gasteiger partial charge in [0.05, 0.1) is 13.1 Å². The summed E-state index contributed by atoms with van der Waals surface area (Å²) in [5.74, 6) is -7.45. The Kier molecular flexibility index (Phi) is 19.6. The lowest BCUT2D eigenvalue weighted by Crippen LogP contribution is -2.60. The number of benzene rings is 1. The lowest BCUT2D eigenvalue weighted by atomic mass is 10.0. The number of carboxylic acids is 1. The Bertz CT molecular complexity index is 1790. The van der Waals surface area contributed by atoms with Crippen molar-refractivity contribution in [1.29, 1.82) is 0 Å². The van der Waals surface area contributed by atoms with Crippen LogP contribution in [0.4, 0.5) is 0 Å². The smallest absolute Gasteiger partial charge is 0.326 e. The molecule has 0 radical (unpaired) electrons. The maximum absolute atomic E-state index is 13.8. The number of carbonyl (C=O) groups is 8. The number of aliphatic imine (C=N–C) groups is 1. The van der Waals surface area contributed by atoms with Crippen LogP contribution in [0.2, 0.25) is 0 Å². The molecular weight excluding hydrogens is 758 g/mol. The summed E-state index contributed by atoms with van der Waals surface area (Å²) in [4.78, 5) is 110. The van der Waals surface area contributed by atoms with Crippen LogP contribution in [0.3, 0.4) is 0 Å². The molecular formula is C37H57N11O10. The number of aliphatic carboxylic acids is 1. The largest absolute Gasteiger partial charge is 0.480 e. The fraction of sp³-hybridized carbons (Fsp3) is 0.541. The average Bonchev–Trinajstić information content (AvgIpc) is 3.56. The van der Waals surface area contributed by atoms with E-state index in [4.69, 9.17) is 21.9 Å². The van der Waals surface area contributed by atoms with Crippen LogP contribution in [-0.2, 0) is 49.5 Å². The molecule has 2 aromatic rings. The third-order valence-electron chi connectivity index (χ3n) is 8.61. The maximum Gasteiger partial charge on any atom is 0.326 e. The second kappa shape index (κ2) is 23.7. The highest BCUT2D eigenvalue weighted by atomic mass is 16.5. The number of hydrogen-bond donors (Lipinski definition) is 11. The Morgan fingerprint density at radius 3 is 2.05 bits per heavy atom. The first kappa shape index (κ1) is 47.9. The van der Waals surface area contributed by atoms with Crippen molar-refractivity contribution >= 4 is 64.2 Å². The number of carbonyl (C=O) groups excluding carboxylic acids is 7. The standard InChI is InChI=1S/C37H57N11O10/c1-19(2)13-26(33(53)45-25(36(56)57)11-8-12-41-37(39)40)44-30(51)17-43-32(52)27(14-22-16-42-24-10-7-6-9-23(22)24)46-34(54)28(18-58-21(5)49)47-35(55)31(20(3)4)48-29(50)15-38/h6-7,9-10,16,19-20,25-28,31,42H,8,11-15,17-18,38H2,1-5H3,(H,43,52)(H,44,51)(H,45,53)(H,46,54)(H,47,55)(H,48,50)(H,56,57)(H4,39,40,41)/t25-,26-,27-,28-,31-/m0/s1. The summed E-state index contributed by atoms with van der Waals surface area (Å²) in [6.45, 7) is 6.49. The van der Waals surface area contributed by atoms with Crippen LogP contribution in [0.15, 0.2) is 35.5 Å². The minimum absolute atomic E-state index is 0.00830. The van der Waals surface area contributed by atoms with Gasteiger partial charge in [-0.1, -0.05) is 45.9 Å². The lowest BCUT2D eigenvalue weighted by molar-refractivity contribution is -0.145. The number of ether oxygens (including phenoxy) is 1. The number of fused-ring (bicyclic) bond motifs is 1. The number of aromatic amines is 1. The quantitative estimate of drug-likeness (QED) is 0.0228. The first-order valence-electron chi connectivity index (χ1n) is 18.8. The number of H-pyrrole nitrogens is 1. The SMILES string of the molecule is CC(=O)OC[C@H](NC(=O)[C@@H](NC(=O)CN)C(C)C)C(=O)N[C@@H](Cc1c[nH]c2ccccc12)C(=O)NCC(=O)N[C@@H](CC(C)C)C(=O)N[C@@H](CCCN=C(N)N)C(=O)O. The molecule has 0 aliphatic carbocycles. The van der Waals surface area contributed by atoms with Crippen LogP contribution < -0.4 is 49.1 Å². The number of nitrogens with two attached hydrogens (primary N) is 3. The van der Waals surface area contributed by atoms with Crippen molar-refractivity contribution in [2.75, 3.05) is 26.2 Å². The van der Waals surface area contributed by atoms with Gasteiger partial charge in [-0.05, 0) is 42.7 Å². The molecule has 2 rings (SSSR count). The molecule has 21 heteroatoms. The molecule has 0 saturated carbocycles. The Morgan fingerprint density at radius 1 is 0.810 bits per heavy atom. The van der Waals surface area contributed by atoms with Gasteiger partial charge in [-0.2, -0.15) is 0 Å². The molecule has 0 spiro atoms. The zero-order valence-electron chi connectivity index (χ0n) is 33.4. The lowest BCUT2D eigenvalue weighted by Gasteiger charge is -2.26. The molecule has 5 atom stereocenters. The van der Waals surface area contributed by atoms with E-state index in [1.807, 2.05) is 6.07 Å². The predicted octanol–water partition coefficient (Wildman–Crippen LogP) is -2.39. The van der Waals surface area contributed by atoms with Crippen molar-refractivity contribution in [3.05, 3.63) is 36.0 Å². The van der Waals surface area contributed by atoms with Crippen LogP contribution in [-0.4, -0.2) is 120 Å². The van der Waals surface area contributed by atoms with Gasteiger partial charge in [-0.25, -0.2) is 4.79 Å². The molecule has 14 N–H and O–H groups in total. The zero-order chi connectivity index (χ0) is 43.5. The Hall–Kier alpha value is -6.25. The minimum atomic E-state index is -1.52. The van der Waals surface area contributed by atoms with Gasteiger partial charge in [0.1, 0.15) is 36.8 Å². The van der Waals surface area contributed by atoms with E-state index >= 15 is 0 Å². The molecule has 21 nitrogen and oxygen atoms in total. The Morgan fingerprint density at radius 2 is 1.45 bits per heavy atom. The highest BCUT2D eigenvalue weighted by Crippen LogP contribution is 2.19. The van der Waals surface area contributed by atoms with Crippen molar-refractivity contribution in [3.63, 3.8) is 0 Å². The van der Waals surface area contributed by atoms with Crippen LogP contribution in [0.5, 0.6) is 0 Å². The average molecular weight is 816 g/mol. The van der Waals surface area contributed by atoms with Crippen LogP contribution in [0.1, 0.15) is 59.4 Å². The number of nitrogens with one attached hydrogen (secondary N) is 7. The van der Waals surface area contributed by atoms with E-state index in [0.29, 0.717) is 5.56 Å². The van der Waals surface area contributed by atoms with E-state index in [1.54, 1.807) is 52.1 Å². The van der Waals surface area contributed by atoms with E-state index in [1.165, 1.54) is 0 Å². The number of para-hydroxylation sites is 1. The summed E-state index contributed by atoms with van der Waals surface area (Å²) in [7, 11) is 0. The second-order valence-electron chi connectivity index (χ2n) is 14.3. The summed E-state index contributed by atoms with van der Waals surface area (Å²) in [5, 5.41) is 25.4. The highest BCUT2D eigenvalue weighted by Gasteiger charge is 2.33. The first-order valence-corrected chi connectivity index (χ1v) is 18.8. The van der Waals surface area contributed by atoms with Crippen molar-refractivity contribution < 1.29 is 48.2 Å². The molecule has 0 fully saturated rings. The van der Waals surface area contributed by atoms with Crippen LogP contribution >= 0.6 is 0 Å². The zero-order valence-corrected chi connectivity index (χ0v) is 33.4. The number of rotatable bonds is 24. The van der Waals surface area contributed by atoms with E-state index in [0.717, 1.165) is 17.8 Å². The van der Waals surface area contributed by atoms with Gasteiger partial charge in [-0.15, -0.1) is 0 Å². The van der Waals surface area contributed by atoms with Crippen LogP contribution in [0, 0.1) is 11.8 Å². The Balaban J connectivity index is 2.30. The molecule has 1 heterocycles. The van der Waals surface area contributed by atoms with E-state index < -0.39 is 103 Å². The molecule has 0 aliphatic rings. The fourth-order valence-electron chi connectivity index (χ4n) is 5.69. The maximum atomic E-state index is 13.8. The van der Waals surface area contributed by atoms with Gasteiger partial charge < -0.3 is 63.9 Å². The number of guanidine groups is 1. The molecule has 6 amide bonds. The summed E-state index contributed by atoms with van der Waals surface area (Å²) >= 11 is 0. The predicted molar refractivity (Wildman–Crippen MR) is 212 cm³/mol. The number of amides is 6. The molecule has 1 aromatic carbocycles. The molecule has 0 bridgehead atoms. The van der Waals surface area contributed by atoms with E-state index in [9.17, 15) is 43.5 Å². The summed E-state index contributed by atoms with van der Waals surface area (Å²) < 4.78 is 5.05. The van der Waals surface area contributed by atoms with Gasteiger partial charge in [0.15, 0.2) is 5.96 Å². The molecule has 320 valence electrons. The van der Waals surface area contributed by atoms with Crippen molar-refractivity contribution in [2.45, 2.75) is 90.5 Å². The molecule has 0 unspecified atom stereocenters. The number of aromatic nitrogens is 1. The molecule has 0 saturated heterocycles. The number of carboxylic acid groups (broad SMARTS) is 1. The second-order valence-corrected chi connectivity index (χ2v) is 14.3. The summed E-state index contributed by atoms with van der Waals surface area (Å²) in [5.41, 5.74) is 17.4. The normalized spacial score (nSPS) is 13.6. The van der Waals surface area contributed by atoms with Gasteiger partial charge in [0.25, 0.3) is 0 Å². The van der Waals surface area contributed by atoms with Gasteiger partial charge in [0, 0.05) is 37.0 Å². The summed E-state index contributed by atoms with van der Waals surface area (Å²) in [6.07, 6.45) is 1.94. The van der Waals surface area contributed by atoms with E-state index in [2.05, 4.69) is 41.9 Å². The minimum Gasteiger partial charge on any atom is -0.480 e. The van der Waals surface area contributed by atoms with Crippen molar-refractivity contribution in [1.82, 2.24) is 36.9 Å². The van der Waals surface area contributed by atoms with Gasteiger partial charge in [-0.3, -0.25) is 38.6 Å². The number of nitrogens with zero attached hydrogens (tertiary/aromatic N) is 1. The van der Waals surface area contributed by atoms with Gasteiger partial charge in [0.2, 0.25) is 35.4 Å². The highest BCUT2D eigenvalue weighted by molar-refractivity contribution is 5.96. The van der Waals surface area contributed by atoms with Crippen molar-refractivity contribution in [3.8, 4) is 0 Å². The van der Waals surface area contributed by atoms with Crippen molar-refractivity contribution in [2.24, 2.45) is 34.0 Å². The van der Waals surface area contributed by atoms with Crippen LogP contribution in [0.25, 0.3) is 10.9 Å². The first-order chi connectivity index (χ1) is 27.3. The third kappa shape index (κ3) is 16.5. The topological polar surface area (TPSA) is 344 Å². The number of esters is 1. The molecule has 0 aliphatic heterocycles. The molecule has 58 heavy (non-hydrogen) atoms.